The van der Waals surface area contributed by atoms with Crippen molar-refractivity contribution in [2.75, 3.05) is 19.0 Å². The lowest BCUT2D eigenvalue weighted by atomic mass is 10.1. The maximum atomic E-state index is 5.95. The van der Waals surface area contributed by atoms with Gasteiger partial charge in [-0.1, -0.05) is 23.7 Å². The van der Waals surface area contributed by atoms with Gasteiger partial charge in [-0.15, -0.1) is 0 Å². The maximum Gasteiger partial charge on any atom is 0.129 e. The Balaban J connectivity index is 2.22. The second-order valence-corrected chi connectivity index (χ2v) is 5.73. The number of pyridine rings is 1. The molecule has 0 aliphatic carbocycles. The van der Waals surface area contributed by atoms with Crippen molar-refractivity contribution < 1.29 is 0 Å². The Kier molecular flexibility index (Phi) is 5.21. The molecule has 2 unspecified atom stereocenters. The summed E-state index contributed by atoms with van der Waals surface area (Å²) in [5.41, 5.74) is 2.45. The minimum atomic E-state index is 0.231. The van der Waals surface area contributed by atoms with Crippen LogP contribution in [0.1, 0.15) is 37.1 Å². The predicted molar refractivity (Wildman–Crippen MR) is 90.0 cm³/mol. The van der Waals surface area contributed by atoms with Crippen molar-refractivity contribution in [1.82, 2.24) is 10.3 Å². The van der Waals surface area contributed by atoms with Crippen LogP contribution in [0.25, 0.3) is 0 Å². The first-order valence-electron chi connectivity index (χ1n) is 7.14. The van der Waals surface area contributed by atoms with E-state index in [-0.39, 0.29) is 6.04 Å². The fourth-order valence-electron chi connectivity index (χ4n) is 2.23. The second kappa shape index (κ2) is 6.92. The van der Waals surface area contributed by atoms with E-state index < -0.39 is 0 Å². The molecular formula is C17H22ClN3. The van der Waals surface area contributed by atoms with Gasteiger partial charge in [-0.25, -0.2) is 4.98 Å². The molecule has 0 fully saturated rings. The van der Waals surface area contributed by atoms with E-state index in [1.54, 1.807) is 0 Å². The van der Waals surface area contributed by atoms with E-state index in [4.69, 9.17) is 11.6 Å². The summed E-state index contributed by atoms with van der Waals surface area (Å²) in [5.74, 6) is 0.969. The van der Waals surface area contributed by atoms with Gasteiger partial charge >= 0.3 is 0 Å². The molecule has 0 aliphatic rings. The molecule has 112 valence electrons. The monoisotopic (exact) mass is 303 g/mol. The SMILES string of the molecule is CNC(C)c1ccnc(N(C)C(C)c2ccc(Cl)cc2)c1. The van der Waals surface area contributed by atoms with Crippen LogP contribution >= 0.6 is 11.6 Å². The summed E-state index contributed by atoms with van der Waals surface area (Å²) in [5, 5.41) is 4.01. The highest BCUT2D eigenvalue weighted by molar-refractivity contribution is 6.30. The van der Waals surface area contributed by atoms with Crippen LogP contribution in [0.3, 0.4) is 0 Å². The Morgan fingerprint density at radius 3 is 2.38 bits per heavy atom. The molecule has 1 N–H and O–H groups in total. The molecule has 1 heterocycles. The number of halogens is 1. The van der Waals surface area contributed by atoms with Gasteiger partial charge in [0.25, 0.3) is 0 Å². The van der Waals surface area contributed by atoms with Crippen LogP contribution in [0.15, 0.2) is 42.6 Å². The molecule has 0 saturated heterocycles. The van der Waals surface area contributed by atoms with E-state index >= 15 is 0 Å². The topological polar surface area (TPSA) is 28.2 Å². The standard InChI is InChI=1S/C17H22ClN3/c1-12(19-3)15-9-10-20-17(11-15)21(4)13(2)14-5-7-16(18)8-6-14/h5-13,19H,1-4H3. The molecule has 1 aromatic carbocycles. The molecule has 2 atom stereocenters. The number of benzene rings is 1. The van der Waals surface area contributed by atoms with Crippen molar-refractivity contribution in [2.45, 2.75) is 25.9 Å². The Bertz CT molecular complexity index is 583. The zero-order valence-electron chi connectivity index (χ0n) is 13.0. The number of hydrogen-bond acceptors (Lipinski definition) is 3. The summed E-state index contributed by atoms with van der Waals surface area (Å²) >= 11 is 5.95. The highest BCUT2D eigenvalue weighted by atomic mass is 35.5. The van der Waals surface area contributed by atoms with E-state index in [0.717, 1.165) is 10.8 Å². The first-order valence-corrected chi connectivity index (χ1v) is 7.52. The number of hydrogen-bond donors (Lipinski definition) is 1. The smallest absolute Gasteiger partial charge is 0.129 e. The summed E-state index contributed by atoms with van der Waals surface area (Å²) in [6, 6.07) is 12.7. The Hall–Kier alpha value is -1.58. The first-order chi connectivity index (χ1) is 10.0. The van der Waals surface area contributed by atoms with E-state index in [1.165, 1.54) is 11.1 Å². The zero-order chi connectivity index (χ0) is 15.4. The third-order valence-electron chi connectivity index (χ3n) is 4.00. The molecule has 0 saturated carbocycles. The van der Waals surface area contributed by atoms with Crippen molar-refractivity contribution in [2.24, 2.45) is 0 Å². The highest BCUT2D eigenvalue weighted by Gasteiger charge is 2.14. The lowest BCUT2D eigenvalue weighted by Crippen LogP contribution is -2.23. The van der Waals surface area contributed by atoms with Crippen LogP contribution in [0.2, 0.25) is 5.02 Å². The highest BCUT2D eigenvalue weighted by Crippen LogP contribution is 2.26. The van der Waals surface area contributed by atoms with Gasteiger partial charge in [0, 0.05) is 24.3 Å². The molecular weight excluding hydrogens is 282 g/mol. The fraction of sp³-hybridized carbons (Fsp3) is 0.353. The summed E-state index contributed by atoms with van der Waals surface area (Å²) in [6.07, 6.45) is 1.86. The van der Waals surface area contributed by atoms with Crippen molar-refractivity contribution in [3.8, 4) is 0 Å². The van der Waals surface area contributed by atoms with Gasteiger partial charge in [-0.3, -0.25) is 0 Å². The minimum absolute atomic E-state index is 0.231. The summed E-state index contributed by atoms with van der Waals surface area (Å²) < 4.78 is 0. The predicted octanol–water partition coefficient (Wildman–Crippen LogP) is 4.21. The summed E-state index contributed by atoms with van der Waals surface area (Å²) in [6.45, 7) is 4.31. The summed E-state index contributed by atoms with van der Waals surface area (Å²) in [4.78, 5) is 6.67. The third kappa shape index (κ3) is 3.74. The third-order valence-corrected chi connectivity index (χ3v) is 4.25. The van der Waals surface area contributed by atoms with Gasteiger partial charge in [-0.2, -0.15) is 0 Å². The normalized spacial score (nSPS) is 13.8. The lowest BCUT2D eigenvalue weighted by molar-refractivity contribution is 0.649. The maximum absolute atomic E-state index is 5.95. The molecule has 2 rings (SSSR count). The van der Waals surface area contributed by atoms with Gasteiger partial charge in [0.05, 0.1) is 6.04 Å². The Morgan fingerprint density at radius 1 is 1.10 bits per heavy atom. The summed E-state index contributed by atoms with van der Waals surface area (Å²) in [7, 11) is 4.03. The molecule has 2 aromatic rings. The van der Waals surface area contributed by atoms with Crippen LogP contribution < -0.4 is 10.2 Å². The second-order valence-electron chi connectivity index (χ2n) is 5.30. The Morgan fingerprint density at radius 2 is 1.76 bits per heavy atom. The number of nitrogens with one attached hydrogen (secondary N) is 1. The van der Waals surface area contributed by atoms with Crippen molar-refractivity contribution in [3.63, 3.8) is 0 Å². The van der Waals surface area contributed by atoms with Crippen LogP contribution in [-0.2, 0) is 0 Å². The van der Waals surface area contributed by atoms with E-state index in [9.17, 15) is 0 Å². The molecule has 4 heteroatoms. The molecule has 0 aliphatic heterocycles. The van der Waals surface area contributed by atoms with Crippen LogP contribution in [-0.4, -0.2) is 19.1 Å². The largest absolute Gasteiger partial charge is 0.353 e. The number of rotatable bonds is 5. The van der Waals surface area contributed by atoms with Gasteiger partial charge in [0.15, 0.2) is 0 Å². The molecule has 0 amide bonds. The molecule has 0 spiro atoms. The van der Waals surface area contributed by atoms with Gasteiger partial charge in [-0.05, 0) is 56.3 Å². The van der Waals surface area contributed by atoms with Gasteiger partial charge < -0.3 is 10.2 Å². The van der Waals surface area contributed by atoms with Crippen LogP contribution in [0.5, 0.6) is 0 Å². The number of aromatic nitrogens is 1. The van der Waals surface area contributed by atoms with E-state index in [1.807, 2.05) is 31.4 Å². The lowest BCUT2D eigenvalue weighted by Gasteiger charge is -2.27. The molecule has 0 radical (unpaired) electrons. The van der Waals surface area contributed by atoms with Gasteiger partial charge in [0.1, 0.15) is 5.82 Å². The van der Waals surface area contributed by atoms with Crippen molar-refractivity contribution in [3.05, 3.63) is 58.7 Å². The van der Waals surface area contributed by atoms with E-state index in [0.29, 0.717) is 6.04 Å². The van der Waals surface area contributed by atoms with Crippen molar-refractivity contribution >= 4 is 17.4 Å². The first kappa shape index (κ1) is 15.8. The molecule has 1 aromatic heterocycles. The molecule has 3 nitrogen and oxygen atoms in total. The van der Waals surface area contributed by atoms with Crippen LogP contribution in [0, 0.1) is 0 Å². The zero-order valence-corrected chi connectivity index (χ0v) is 13.7. The fourth-order valence-corrected chi connectivity index (χ4v) is 2.35. The molecule has 0 bridgehead atoms. The van der Waals surface area contributed by atoms with Gasteiger partial charge in [0.2, 0.25) is 0 Å². The minimum Gasteiger partial charge on any atom is -0.353 e. The van der Waals surface area contributed by atoms with Crippen LogP contribution in [0.4, 0.5) is 5.82 Å². The Labute approximate surface area is 132 Å². The average Bonchev–Trinajstić information content (AvgIpc) is 2.53. The number of anilines is 1. The quantitative estimate of drug-likeness (QED) is 0.896. The van der Waals surface area contributed by atoms with E-state index in [2.05, 4.69) is 54.3 Å². The van der Waals surface area contributed by atoms with Crippen molar-refractivity contribution in [1.29, 1.82) is 0 Å². The number of nitrogens with zero attached hydrogens (tertiary/aromatic N) is 2. The average molecular weight is 304 g/mol. The molecule has 21 heavy (non-hydrogen) atoms.